The SMILES string of the molecule is CCC(CSC)N(C)C(CNC1CC1)C(C)C. The Morgan fingerprint density at radius 1 is 1.35 bits per heavy atom. The minimum atomic E-state index is 0.674. The minimum absolute atomic E-state index is 0.674. The normalized spacial score (nSPS) is 19.9. The molecule has 1 aliphatic carbocycles. The molecule has 2 unspecified atom stereocenters. The van der Waals surface area contributed by atoms with Gasteiger partial charge in [-0.25, -0.2) is 0 Å². The third-order valence-electron chi connectivity index (χ3n) is 3.89. The zero-order chi connectivity index (χ0) is 12.8. The summed E-state index contributed by atoms with van der Waals surface area (Å²) in [7, 11) is 2.31. The largest absolute Gasteiger partial charge is 0.312 e. The van der Waals surface area contributed by atoms with Gasteiger partial charge in [-0.3, -0.25) is 4.90 Å². The fraction of sp³-hybridized carbons (Fsp3) is 1.00. The Kier molecular flexibility index (Phi) is 6.90. The Balaban J connectivity index is 2.46. The molecule has 0 radical (unpaired) electrons. The first kappa shape index (κ1) is 15.3. The molecule has 1 rings (SSSR count). The Bertz CT molecular complexity index is 204. The van der Waals surface area contributed by atoms with Crippen molar-refractivity contribution in [1.29, 1.82) is 0 Å². The van der Waals surface area contributed by atoms with Crippen molar-refractivity contribution in [2.45, 2.75) is 58.2 Å². The predicted molar refractivity (Wildman–Crippen MR) is 79.9 cm³/mol. The van der Waals surface area contributed by atoms with Crippen molar-refractivity contribution < 1.29 is 0 Å². The van der Waals surface area contributed by atoms with E-state index in [1.165, 1.54) is 25.0 Å². The second-order valence-corrected chi connectivity index (χ2v) is 6.59. The molecule has 1 N–H and O–H groups in total. The van der Waals surface area contributed by atoms with Gasteiger partial charge in [0.15, 0.2) is 0 Å². The summed E-state index contributed by atoms with van der Waals surface area (Å²) in [5.74, 6) is 1.97. The second-order valence-electron chi connectivity index (χ2n) is 5.68. The Labute approximate surface area is 112 Å². The molecular formula is C14H30N2S. The molecule has 3 heteroatoms. The maximum atomic E-state index is 3.69. The maximum absolute atomic E-state index is 3.69. The third-order valence-corrected chi connectivity index (χ3v) is 4.61. The lowest BCUT2D eigenvalue weighted by Gasteiger charge is -2.37. The van der Waals surface area contributed by atoms with Gasteiger partial charge < -0.3 is 5.32 Å². The summed E-state index contributed by atoms with van der Waals surface area (Å²) in [6.07, 6.45) is 6.24. The van der Waals surface area contributed by atoms with Gasteiger partial charge in [0.05, 0.1) is 0 Å². The van der Waals surface area contributed by atoms with Gasteiger partial charge in [-0.2, -0.15) is 11.8 Å². The highest BCUT2D eigenvalue weighted by Crippen LogP contribution is 2.21. The molecule has 0 spiro atoms. The summed E-state index contributed by atoms with van der Waals surface area (Å²) in [5, 5.41) is 3.69. The van der Waals surface area contributed by atoms with Gasteiger partial charge >= 0.3 is 0 Å². The molecule has 0 heterocycles. The molecule has 0 bridgehead atoms. The number of nitrogens with zero attached hydrogens (tertiary/aromatic N) is 1. The van der Waals surface area contributed by atoms with Crippen LogP contribution in [0.2, 0.25) is 0 Å². The highest BCUT2D eigenvalue weighted by atomic mass is 32.2. The van der Waals surface area contributed by atoms with Crippen LogP contribution in [0.4, 0.5) is 0 Å². The van der Waals surface area contributed by atoms with E-state index in [1.54, 1.807) is 0 Å². The van der Waals surface area contributed by atoms with Crippen LogP contribution in [0.3, 0.4) is 0 Å². The smallest absolute Gasteiger partial charge is 0.0243 e. The predicted octanol–water partition coefficient (Wildman–Crippen LogP) is 2.84. The van der Waals surface area contributed by atoms with E-state index in [2.05, 4.69) is 44.3 Å². The molecule has 2 atom stereocenters. The molecule has 0 aromatic carbocycles. The van der Waals surface area contributed by atoms with Gasteiger partial charge in [-0.1, -0.05) is 20.8 Å². The van der Waals surface area contributed by atoms with Crippen LogP contribution >= 0.6 is 11.8 Å². The fourth-order valence-corrected chi connectivity index (χ4v) is 3.27. The lowest BCUT2D eigenvalue weighted by molar-refractivity contribution is 0.141. The molecule has 2 nitrogen and oxygen atoms in total. The van der Waals surface area contributed by atoms with E-state index in [-0.39, 0.29) is 0 Å². The van der Waals surface area contributed by atoms with Crippen LogP contribution in [0, 0.1) is 5.92 Å². The third kappa shape index (κ3) is 5.19. The number of nitrogens with one attached hydrogen (secondary N) is 1. The molecule has 0 amide bonds. The maximum Gasteiger partial charge on any atom is 0.0243 e. The highest BCUT2D eigenvalue weighted by Gasteiger charge is 2.27. The zero-order valence-corrected chi connectivity index (χ0v) is 13.0. The molecule has 0 aromatic rings. The molecule has 1 fully saturated rings. The fourth-order valence-electron chi connectivity index (χ4n) is 2.41. The van der Waals surface area contributed by atoms with Gasteiger partial charge in [0.25, 0.3) is 0 Å². The molecular weight excluding hydrogens is 228 g/mol. The number of hydrogen-bond acceptors (Lipinski definition) is 3. The molecule has 0 aliphatic heterocycles. The standard InChI is InChI=1S/C14H30N2S/c1-6-13(10-17-5)16(4)14(11(2)3)9-15-12-7-8-12/h11-15H,6-10H2,1-5H3. The summed E-state index contributed by atoms with van der Waals surface area (Å²) in [6.45, 7) is 8.16. The van der Waals surface area contributed by atoms with Crippen LogP contribution in [0.25, 0.3) is 0 Å². The molecule has 0 aromatic heterocycles. The van der Waals surface area contributed by atoms with E-state index in [1.807, 2.05) is 11.8 Å². The van der Waals surface area contributed by atoms with Crippen LogP contribution in [-0.4, -0.2) is 48.6 Å². The van der Waals surface area contributed by atoms with Crippen LogP contribution in [0.5, 0.6) is 0 Å². The molecule has 102 valence electrons. The monoisotopic (exact) mass is 258 g/mol. The first-order valence-corrected chi connectivity index (χ1v) is 8.43. The molecule has 1 saturated carbocycles. The van der Waals surface area contributed by atoms with Crippen LogP contribution in [-0.2, 0) is 0 Å². The Hall–Kier alpha value is 0.270. The summed E-state index contributed by atoms with van der Waals surface area (Å²) >= 11 is 1.97. The number of hydrogen-bond donors (Lipinski definition) is 1. The molecule has 17 heavy (non-hydrogen) atoms. The van der Waals surface area contributed by atoms with Crippen molar-refractivity contribution in [3.05, 3.63) is 0 Å². The van der Waals surface area contributed by atoms with Crippen LogP contribution in [0.1, 0.15) is 40.0 Å². The van der Waals surface area contributed by atoms with Gasteiger partial charge in [0, 0.05) is 30.4 Å². The first-order chi connectivity index (χ1) is 8.10. The van der Waals surface area contributed by atoms with Crippen molar-refractivity contribution >= 4 is 11.8 Å². The average molecular weight is 258 g/mol. The number of likely N-dealkylation sites (N-methyl/N-ethyl adjacent to an activating group) is 1. The van der Waals surface area contributed by atoms with E-state index in [9.17, 15) is 0 Å². The number of rotatable bonds is 9. The van der Waals surface area contributed by atoms with Crippen LogP contribution < -0.4 is 5.32 Å². The summed E-state index contributed by atoms with van der Waals surface area (Å²) in [6, 6.07) is 2.22. The van der Waals surface area contributed by atoms with E-state index < -0.39 is 0 Å². The van der Waals surface area contributed by atoms with E-state index in [0.29, 0.717) is 6.04 Å². The highest BCUT2D eigenvalue weighted by molar-refractivity contribution is 7.98. The van der Waals surface area contributed by atoms with Gasteiger partial charge in [0.2, 0.25) is 0 Å². The van der Waals surface area contributed by atoms with Crippen molar-refractivity contribution in [1.82, 2.24) is 10.2 Å². The van der Waals surface area contributed by atoms with E-state index in [4.69, 9.17) is 0 Å². The van der Waals surface area contributed by atoms with Gasteiger partial charge in [-0.05, 0) is 38.5 Å². The Morgan fingerprint density at radius 3 is 2.41 bits per heavy atom. The first-order valence-electron chi connectivity index (χ1n) is 7.04. The average Bonchev–Trinajstić information content (AvgIpc) is 3.09. The van der Waals surface area contributed by atoms with Gasteiger partial charge in [-0.15, -0.1) is 0 Å². The molecule has 0 saturated heterocycles. The van der Waals surface area contributed by atoms with E-state index >= 15 is 0 Å². The zero-order valence-electron chi connectivity index (χ0n) is 12.2. The minimum Gasteiger partial charge on any atom is -0.312 e. The lowest BCUT2D eigenvalue weighted by Crippen LogP contribution is -2.49. The lowest BCUT2D eigenvalue weighted by atomic mass is 10.0. The van der Waals surface area contributed by atoms with Crippen molar-refractivity contribution in [3.63, 3.8) is 0 Å². The van der Waals surface area contributed by atoms with Gasteiger partial charge in [0.1, 0.15) is 0 Å². The van der Waals surface area contributed by atoms with Crippen LogP contribution in [0.15, 0.2) is 0 Å². The summed E-state index contributed by atoms with van der Waals surface area (Å²) in [4.78, 5) is 2.61. The van der Waals surface area contributed by atoms with Crippen molar-refractivity contribution in [2.24, 2.45) is 5.92 Å². The summed E-state index contributed by atoms with van der Waals surface area (Å²) in [5.41, 5.74) is 0. The topological polar surface area (TPSA) is 15.3 Å². The molecule has 1 aliphatic rings. The summed E-state index contributed by atoms with van der Waals surface area (Å²) < 4.78 is 0. The van der Waals surface area contributed by atoms with Crippen molar-refractivity contribution in [3.8, 4) is 0 Å². The number of thioether (sulfide) groups is 1. The van der Waals surface area contributed by atoms with E-state index in [0.717, 1.165) is 24.5 Å². The second kappa shape index (κ2) is 7.65. The van der Waals surface area contributed by atoms with Crippen molar-refractivity contribution in [2.75, 3.05) is 25.6 Å². The quantitative estimate of drug-likeness (QED) is 0.684. The Morgan fingerprint density at radius 2 is 2.00 bits per heavy atom.